The molecule has 0 aliphatic heterocycles. The summed E-state index contributed by atoms with van der Waals surface area (Å²) in [4.78, 5) is 0. The van der Waals surface area contributed by atoms with E-state index in [0.29, 0.717) is 5.56 Å². The van der Waals surface area contributed by atoms with Crippen LogP contribution in [0.3, 0.4) is 0 Å². The van der Waals surface area contributed by atoms with Crippen LogP contribution in [-0.2, 0) is 5.41 Å². The third-order valence-electron chi connectivity index (χ3n) is 13.2. The summed E-state index contributed by atoms with van der Waals surface area (Å²) in [5, 5.41) is 16.9. The van der Waals surface area contributed by atoms with Crippen molar-refractivity contribution >= 4 is 32.3 Å². The molecule has 0 amide bonds. The Morgan fingerprint density at radius 3 is 1.51 bits per heavy atom. The topological polar surface area (TPSA) is 23.8 Å². The maximum Gasteiger partial charge on any atom is 0.0991 e. The van der Waals surface area contributed by atoms with Crippen LogP contribution in [0.4, 0.5) is 0 Å². The van der Waals surface area contributed by atoms with Crippen molar-refractivity contribution in [2.45, 2.75) is 19.3 Å². The summed E-state index contributed by atoms with van der Waals surface area (Å²) in [7, 11) is 0. The Kier molecular flexibility index (Phi) is 7.11. The zero-order valence-electron chi connectivity index (χ0n) is 32.8. The maximum absolute atomic E-state index is 9.25. The van der Waals surface area contributed by atoms with Gasteiger partial charge in [0, 0.05) is 5.41 Å². The second-order valence-corrected chi connectivity index (χ2v) is 16.7. The Morgan fingerprint density at radius 2 is 0.881 bits per heavy atom. The fraction of sp³-hybridized carbons (Fsp3) is 0.0517. The van der Waals surface area contributed by atoms with Crippen molar-refractivity contribution in [2.75, 3.05) is 0 Å². The van der Waals surface area contributed by atoms with Gasteiger partial charge in [-0.3, -0.25) is 0 Å². The lowest BCUT2D eigenvalue weighted by atomic mass is 9.79. The standard InChI is InChI=1S/C58H37N/c1-58(2)50-32-43(42-27-26-40-30-39(24-25-41(40)31-42)36-22-20-35(34-59)21-23-36)28-29-46(50)55-47-18-11-19-48-54(47)49(33-51(55)58)57-53(38-14-7-4-8-15-38)45-17-10-9-16-44(45)52(56(48)57)37-12-5-3-6-13-37/h3-33H,1-2H3. The minimum Gasteiger partial charge on any atom is -0.192 e. The summed E-state index contributed by atoms with van der Waals surface area (Å²) in [6.45, 7) is 4.83. The second kappa shape index (κ2) is 12.5. The van der Waals surface area contributed by atoms with Crippen molar-refractivity contribution in [3.05, 3.63) is 205 Å². The van der Waals surface area contributed by atoms with Crippen LogP contribution in [0.1, 0.15) is 30.5 Å². The van der Waals surface area contributed by atoms with Gasteiger partial charge in [-0.25, -0.2) is 0 Å². The van der Waals surface area contributed by atoms with Crippen LogP contribution < -0.4 is 0 Å². The predicted molar refractivity (Wildman–Crippen MR) is 247 cm³/mol. The molecule has 10 aromatic carbocycles. The van der Waals surface area contributed by atoms with E-state index >= 15 is 0 Å². The van der Waals surface area contributed by atoms with Crippen LogP contribution in [0.15, 0.2) is 188 Å². The molecular weight excluding hydrogens is 711 g/mol. The van der Waals surface area contributed by atoms with Crippen LogP contribution >= 0.6 is 0 Å². The third kappa shape index (κ3) is 4.84. The van der Waals surface area contributed by atoms with Gasteiger partial charge in [-0.2, -0.15) is 5.26 Å². The molecule has 0 radical (unpaired) electrons. The van der Waals surface area contributed by atoms with E-state index in [-0.39, 0.29) is 5.41 Å². The van der Waals surface area contributed by atoms with E-state index in [9.17, 15) is 5.26 Å². The van der Waals surface area contributed by atoms with Crippen LogP contribution in [0, 0.1) is 11.3 Å². The summed E-state index contributed by atoms with van der Waals surface area (Å²) in [5.41, 5.74) is 21.1. The van der Waals surface area contributed by atoms with Crippen molar-refractivity contribution in [3.8, 4) is 84.0 Å². The van der Waals surface area contributed by atoms with Crippen molar-refractivity contribution in [2.24, 2.45) is 0 Å². The fourth-order valence-corrected chi connectivity index (χ4v) is 10.4. The van der Waals surface area contributed by atoms with Gasteiger partial charge in [0.25, 0.3) is 0 Å². The number of hydrogen-bond acceptors (Lipinski definition) is 1. The fourth-order valence-electron chi connectivity index (χ4n) is 10.4. The summed E-state index contributed by atoms with van der Waals surface area (Å²) in [6.07, 6.45) is 0. The highest BCUT2D eigenvalue weighted by Crippen LogP contribution is 2.62. The molecule has 274 valence electrons. The predicted octanol–water partition coefficient (Wildman–Crippen LogP) is 15.6. The number of hydrogen-bond donors (Lipinski definition) is 0. The normalized spacial score (nSPS) is 13.0. The van der Waals surface area contributed by atoms with E-state index in [1.54, 1.807) is 0 Å². The molecule has 0 atom stereocenters. The molecule has 0 saturated heterocycles. The Morgan fingerprint density at radius 1 is 0.356 bits per heavy atom. The first-order valence-electron chi connectivity index (χ1n) is 20.5. The number of nitriles is 1. The van der Waals surface area contributed by atoms with Gasteiger partial charge in [0.2, 0.25) is 0 Å². The molecule has 0 saturated carbocycles. The first-order valence-corrected chi connectivity index (χ1v) is 20.5. The van der Waals surface area contributed by atoms with E-state index in [2.05, 4.69) is 184 Å². The molecule has 1 nitrogen and oxygen atoms in total. The SMILES string of the molecule is CC1(C)c2cc(-c3ccc4cc(-c5ccc(C#N)cc5)ccc4c3)ccc2-c2c1cc1c3c(cccc23)-c2c-1c(-c1ccccc1)c1ccccc1c2-c1ccccc1. The lowest BCUT2D eigenvalue weighted by molar-refractivity contribution is 0.661. The molecule has 0 fully saturated rings. The van der Waals surface area contributed by atoms with Gasteiger partial charge < -0.3 is 0 Å². The minimum absolute atomic E-state index is 0.219. The van der Waals surface area contributed by atoms with Crippen LogP contribution in [0.25, 0.3) is 110 Å². The van der Waals surface area contributed by atoms with Crippen molar-refractivity contribution < 1.29 is 0 Å². The summed E-state index contributed by atoms with van der Waals surface area (Å²) in [6, 6.07) is 71.3. The molecule has 2 aliphatic carbocycles. The van der Waals surface area contributed by atoms with Crippen molar-refractivity contribution in [1.29, 1.82) is 5.26 Å². The van der Waals surface area contributed by atoms with E-state index < -0.39 is 0 Å². The number of fused-ring (bicyclic) bond motifs is 9. The monoisotopic (exact) mass is 747 g/mol. The first-order chi connectivity index (χ1) is 29.0. The molecule has 59 heavy (non-hydrogen) atoms. The van der Waals surface area contributed by atoms with Crippen LogP contribution in [0.2, 0.25) is 0 Å². The van der Waals surface area contributed by atoms with Crippen LogP contribution in [0.5, 0.6) is 0 Å². The molecule has 0 bridgehead atoms. The highest BCUT2D eigenvalue weighted by atomic mass is 14.4. The minimum atomic E-state index is -0.219. The van der Waals surface area contributed by atoms with E-state index in [1.165, 1.54) is 110 Å². The number of rotatable bonds is 4. The summed E-state index contributed by atoms with van der Waals surface area (Å²) >= 11 is 0. The van der Waals surface area contributed by atoms with Gasteiger partial charge in [0.1, 0.15) is 0 Å². The molecule has 2 aliphatic rings. The van der Waals surface area contributed by atoms with Gasteiger partial charge in [-0.15, -0.1) is 0 Å². The summed E-state index contributed by atoms with van der Waals surface area (Å²) in [5.74, 6) is 0. The lowest BCUT2D eigenvalue weighted by Gasteiger charge is -2.24. The molecule has 0 heterocycles. The van der Waals surface area contributed by atoms with E-state index in [1.807, 2.05) is 24.3 Å². The van der Waals surface area contributed by atoms with Gasteiger partial charge in [-0.1, -0.05) is 166 Å². The third-order valence-corrected chi connectivity index (χ3v) is 13.2. The quantitative estimate of drug-likeness (QED) is 0.176. The van der Waals surface area contributed by atoms with Crippen molar-refractivity contribution in [3.63, 3.8) is 0 Å². The Balaban J connectivity index is 1.05. The number of benzene rings is 10. The zero-order valence-corrected chi connectivity index (χ0v) is 32.8. The molecule has 0 spiro atoms. The molecule has 10 aromatic rings. The van der Waals surface area contributed by atoms with Crippen molar-refractivity contribution in [1.82, 2.24) is 0 Å². The van der Waals surface area contributed by atoms with E-state index in [0.717, 1.165) is 11.1 Å². The molecule has 0 N–H and O–H groups in total. The zero-order chi connectivity index (χ0) is 39.4. The lowest BCUT2D eigenvalue weighted by Crippen LogP contribution is -2.15. The smallest absolute Gasteiger partial charge is 0.0991 e. The Labute approximate surface area is 344 Å². The van der Waals surface area contributed by atoms with Crippen LogP contribution in [-0.4, -0.2) is 0 Å². The molecule has 12 rings (SSSR count). The van der Waals surface area contributed by atoms with Gasteiger partial charge >= 0.3 is 0 Å². The second-order valence-electron chi connectivity index (χ2n) is 16.7. The van der Waals surface area contributed by atoms with Gasteiger partial charge in [0.05, 0.1) is 11.6 Å². The molecule has 0 unspecified atom stereocenters. The average molecular weight is 748 g/mol. The largest absolute Gasteiger partial charge is 0.192 e. The Hall–Kier alpha value is -7.53. The highest BCUT2D eigenvalue weighted by Gasteiger charge is 2.40. The van der Waals surface area contributed by atoms with Gasteiger partial charge in [-0.05, 0) is 158 Å². The molecule has 1 heteroatoms. The van der Waals surface area contributed by atoms with E-state index in [4.69, 9.17) is 0 Å². The average Bonchev–Trinajstić information content (AvgIpc) is 3.74. The molecule has 0 aromatic heterocycles. The first kappa shape index (κ1) is 33.6. The number of nitrogens with zero attached hydrogens (tertiary/aromatic N) is 1. The molecular formula is C58H37N. The Bertz CT molecular complexity index is 3440. The highest BCUT2D eigenvalue weighted by molar-refractivity contribution is 6.29. The summed E-state index contributed by atoms with van der Waals surface area (Å²) < 4.78 is 0. The van der Waals surface area contributed by atoms with Gasteiger partial charge in [0.15, 0.2) is 0 Å². The maximum atomic E-state index is 9.25.